The van der Waals surface area contributed by atoms with Gasteiger partial charge in [0.1, 0.15) is 6.04 Å². The Morgan fingerprint density at radius 2 is 2.14 bits per heavy atom. The third kappa shape index (κ3) is 2.34. The minimum Gasteiger partial charge on any atom is -0.326 e. The molecule has 1 aromatic heterocycles. The first kappa shape index (κ1) is 12.9. The number of anilines is 1. The maximum absolute atomic E-state index is 5.98. The van der Waals surface area contributed by atoms with Gasteiger partial charge in [0.2, 0.25) is 5.95 Å². The van der Waals surface area contributed by atoms with Crippen LogP contribution >= 0.6 is 23.4 Å². The van der Waals surface area contributed by atoms with Crippen LogP contribution in [0.4, 0.5) is 5.95 Å². The van der Waals surface area contributed by atoms with Crippen LogP contribution in [0.3, 0.4) is 0 Å². The number of allylic oxidation sites excluding steroid dienone is 2. The van der Waals surface area contributed by atoms with E-state index in [1.54, 1.807) is 4.68 Å². The van der Waals surface area contributed by atoms with E-state index < -0.39 is 0 Å². The summed E-state index contributed by atoms with van der Waals surface area (Å²) >= 11 is 7.79. The number of nitrogens with one attached hydrogen (secondary N) is 1. The highest BCUT2D eigenvalue weighted by atomic mass is 35.5. The normalized spacial score (nSPS) is 23.6. The lowest BCUT2D eigenvalue weighted by Crippen LogP contribution is -2.24. The minimum atomic E-state index is -0.00952. The summed E-state index contributed by atoms with van der Waals surface area (Å²) < 4.78 is 1.79. The number of rotatable bonds is 2. The second-order valence-corrected chi connectivity index (χ2v) is 6.47. The predicted molar refractivity (Wildman–Crippen MR) is 84.2 cm³/mol. The first-order valence-corrected chi connectivity index (χ1v) is 7.96. The number of hydrogen-bond acceptors (Lipinski definition) is 5. The molecule has 2 atom stereocenters. The number of fused-ring (bicyclic) bond motifs is 1. The first-order chi connectivity index (χ1) is 10.3. The van der Waals surface area contributed by atoms with Gasteiger partial charge in [0.15, 0.2) is 0 Å². The van der Waals surface area contributed by atoms with Crippen molar-refractivity contribution in [2.45, 2.75) is 17.7 Å². The van der Waals surface area contributed by atoms with Crippen molar-refractivity contribution in [3.05, 3.63) is 58.1 Å². The molecule has 0 fully saturated rings. The molecule has 0 saturated carbocycles. The lowest BCUT2D eigenvalue weighted by Gasteiger charge is -2.25. The molecule has 0 aliphatic carbocycles. The molecule has 4 rings (SSSR count). The summed E-state index contributed by atoms with van der Waals surface area (Å²) in [4.78, 5) is 0. The van der Waals surface area contributed by atoms with Crippen LogP contribution in [0.2, 0.25) is 5.02 Å². The van der Waals surface area contributed by atoms with Crippen LogP contribution in [0, 0.1) is 0 Å². The van der Waals surface area contributed by atoms with Crippen LogP contribution in [-0.4, -0.2) is 25.5 Å². The van der Waals surface area contributed by atoms with Gasteiger partial charge >= 0.3 is 0 Å². The van der Waals surface area contributed by atoms with E-state index in [2.05, 4.69) is 38.4 Å². The summed E-state index contributed by atoms with van der Waals surface area (Å²) in [6.45, 7) is 0. The number of hydrogen-bond donors (Lipinski definition) is 1. The molecule has 0 amide bonds. The number of aromatic nitrogens is 4. The third-order valence-electron chi connectivity index (χ3n) is 3.60. The summed E-state index contributed by atoms with van der Waals surface area (Å²) in [7, 11) is 0. The molecule has 1 N–H and O–H groups in total. The number of benzene rings is 1. The van der Waals surface area contributed by atoms with Crippen LogP contribution < -0.4 is 5.32 Å². The molecule has 5 nitrogen and oxygen atoms in total. The maximum atomic E-state index is 5.98. The molecule has 2 aliphatic rings. The van der Waals surface area contributed by atoms with Gasteiger partial charge in [0.05, 0.1) is 5.25 Å². The van der Waals surface area contributed by atoms with Gasteiger partial charge < -0.3 is 5.32 Å². The maximum Gasteiger partial charge on any atom is 0.248 e. The molecular weight excluding hydrogens is 306 g/mol. The van der Waals surface area contributed by atoms with Crippen molar-refractivity contribution in [1.29, 1.82) is 0 Å². The highest BCUT2D eigenvalue weighted by Gasteiger charge is 2.27. The molecular formula is C14H12ClN5S. The van der Waals surface area contributed by atoms with E-state index in [1.807, 2.05) is 36.0 Å². The van der Waals surface area contributed by atoms with Gasteiger partial charge in [0, 0.05) is 10.7 Å². The first-order valence-electron chi connectivity index (χ1n) is 6.64. The Kier molecular flexibility index (Phi) is 3.20. The number of tetrazole rings is 1. The van der Waals surface area contributed by atoms with Gasteiger partial charge in [-0.1, -0.05) is 34.9 Å². The van der Waals surface area contributed by atoms with Crippen molar-refractivity contribution in [2.75, 3.05) is 5.32 Å². The lowest BCUT2D eigenvalue weighted by atomic mass is 10.0. The molecule has 2 aromatic rings. The fourth-order valence-corrected chi connectivity index (χ4v) is 3.59. The lowest BCUT2D eigenvalue weighted by molar-refractivity contribution is 0.577. The van der Waals surface area contributed by atoms with E-state index in [0.717, 1.165) is 22.7 Å². The smallest absolute Gasteiger partial charge is 0.248 e. The summed E-state index contributed by atoms with van der Waals surface area (Å²) in [6, 6.07) is 7.80. The summed E-state index contributed by atoms with van der Waals surface area (Å²) in [5.74, 6) is 0.681. The monoisotopic (exact) mass is 317 g/mol. The Bertz CT molecular complexity index is 713. The molecule has 3 heterocycles. The predicted octanol–water partition coefficient (Wildman–Crippen LogP) is 3.24. The standard InChI is InChI=1S/C14H12ClN5S/c15-10-5-3-9(4-6-10)12-8-11(13-2-1-7-21-13)16-14-17-18-19-20(12)14/h1,3-8,12-13H,2H2,(H,16,17,19). The van der Waals surface area contributed by atoms with E-state index in [-0.39, 0.29) is 6.04 Å². The highest BCUT2D eigenvalue weighted by molar-refractivity contribution is 8.03. The SMILES string of the molecule is Clc1ccc(C2C=C(C3CC=CS3)Nc3nnnn32)cc1. The Balaban J connectivity index is 1.74. The Labute approximate surface area is 131 Å². The van der Waals surface area contributed by atoms with Crippen molar-refractivity contribution in [3.63, 3.8) is 0 Å². The topological polar surface area (TPSA) is 55.6 Å². The van der Waals surface area contributed by atoms with Gasteiger partial charge in [-0.15, -0.1) is 11.8 Å². The molecule has 0 bridgehead atoms. The third-order valence-corrected chi connectivity index (χ3v) is 4.97. The van der Waals surface area contributed by atoms with Crippen molar-refractivity contribution in [2.24, 2.45) is 0 Å². The molecule has 7 heteroatoms. The van der Waals surface area contributed by atoms with Crippen LogP contribution in [-0.2, 0) is 0 Å². The molecule has 0 radical (unpaired) electrons. The molecule has 2 aliphatic heterocycles. The van der Waals surface area contributed by atoms with E-state index >= 15 is 0 Å². The van der Waals surface area contributed by atoms with Gasteiger partial charge in [0.25, 0.3) is 0 Å². The molecule has 0 saturated heterocycles. The average molecular weight is 318 g/mol. The average Bonchev–Trinajstić information content (AvgIpc) is 3.18. The van der Waals surface area contributed by atoms with E-state index in [1.165, 1.54) is 0 Å². The van der Waals surface area contributed by atoms with Crippen LogP contribution in [0.15, 0.2) is 47.5 Å². The highest BCUT2D eigenvalue weighted by Crippen LogP contribution is 2.36. The van der Waals surface area contributed by atoms with Crippen molar-refractivity contribution in [1.82, 2.24) is 20.2 Å². The molecule has 1 aromatic carbocycles. The quantitative estimate of drug-likeness (QED) is 0.921. The molecule has 106 valence electrons. The second-order valence-electron chi connectivity index (χ2n) is 4.92. The van der Waals surface area contributed by atoms with Gasteiger partial charge in [-0.3, -0.25) is 0 Å². The fraction of sp³-hybridized carbons (Fsp3) is 0.214. The Morgan fingerprint density at radius 1 is 1.29 bits per heavy atom. The summed E-state index contributed by atoms with van der Waals surface area (Å²) in [5, 5.41) is 18.5. The fourth-order valence-electron chi connectivity index (χ4n) is 2.55. The van der Waals surface area contributed by atoms with E-state index in [9.17, 15) is 0 Å². The summed E-state index contributed by atoms with van der Waals surface area (Å²) in [6.07, 6.45) is 5.41. The van der Waals surface area contributed by atoms with Crippen LogP contribution in [0.25, 0.3) is 0 Å². The number of halogens is 1. The van der Waals surface area contributed by atoms with Crippen molar-refractivity contribution in [3.8, 4) is 0 Å². The molecule has 21 heavy (non-hydrogen) atoms. The van der Waals surface area contributed by atoms with Gasteiger partial charge in [-0.2, -0.15) is 4.68 Å². The zero-order valence-electron chi connectivity index (χ0n) is 11.0. The number of nitrogens with zero attached hydrogens (tertiary/aromatic N) is 4. The van der Waals surface area contributed by atoms with Crippen molar-refractivity contribution < 1.29 is 0 Å². The van der Waals surface area contributed by atoms with Crippen LogP contribution in [0.1, 0.15) is 18.0 Å². The van der Waals surface area contributed by atoms with Crippen molar-refractivity contribution >= 4 is 29.3 Å². The molecule has 2 unspecified atom stereocenters. The van der Waals surface area contributed by atoms with Gasteiger partial charge in [-0.05, 0) is 46.0 Å². The second kappa shape index (κ2) is 5.20. The summed E-state index contributed by atoms with van der Waals surface area (Å²) in [5.41, 5.74) is 2.27. The zero-order valence-corrected chi connectivity index (χ0v) is 12.6. The van der Waals surface area contributed by atoms with Crippen LogP contribution in [0.5, 0.6) is 0 Å². The number of thioether (sulfide) groups is 1. The van der Waals surface area contributed by atoms with E-state index in [4.69, 9.17) is 11.6 Å². The zero-order chi connectivity index (χ0) is 14.2. The molecule has 0 spiro atoms. The largest absolute Gasteiger partial charge is 0.326 e. The minimum absolute atomic E-state index is 0.00952. The Hall–Kier alpha value is -1.79. The van der Waals surface area contributed by atoms with E-state index in [0.29, 0.717) is 11.2 Å². The Morgan fingerprint density at radius 3 is 2.90 bits per heavy atom. The van der Waals surface area contributed by atoms with Gasteiger partial charge in [-0.25, -0.2) is 0 Å².